The molecule has 0 amide bonds. The molecule has 0 aromatic heterocycles. The standard InChI is InChI=1S/C9H18F2O2Si/c1-5-13-8(12)9(10,11)6-7-14(2,3)4/h5-7H2,1-4H3. The molecular weight excluding hydrogens is 206 g/mol. The minimum atomic E-state index is -3.31. The molecule has 0 heterocycles. The molecule has 0 N–H and O–H groups in total. The highest BCUT2D eigenvalue weighted by Crippen LogP contribution is 2.26. The summed E-state index contributed by atoms with van der Waals surface area (Å²) in [5.74, 6) is -4.70. The first-order chi connectivity index (χ1) is 6.19. The summed E-state index contributed by atoms with van der Waals surface area (Å²) < 4.78 is 30.5. The van der Waals surface area contributed by atoms with Crippen molar-refractivity contribution in [1.29, 1.82) is 0 Å². The minimum absolute atomic E-state index is 0.00136. The van der Waals surface area contributed by atoms with E-state index in [1.165, 1.54) is 6.92 Å². The molecule has 0 rings (SSSR count). The van der Waals surface area contributed by atoms with Gasteiger partial charge in [-0.1, -0.05) is 25.7 Å². The first-order valence-electron chi connectivity index (χ1n) is 4.74. The number of carbonyl (C=O) groups is 1. The van der Waals surface area contributed by atoms with Gasteiger partial charge in [0.1, 0.15) is 0 Å². The Kier molecular flexibility index (Phi) is 4.71. The second kappa shape index (κ2) is 4.86. The van der Waals surface area contributed by atoms with Gasteiger partial charge in [-0.05, 0) is 6.92 Å². The summed E-state index contributed by atoms with van der Waals surface area (Å²) in [6.45, 7) is 7.50. The van der Waals surface area contributed by atoms with E-state index < -0.39 is 20.0 Å². The van der Waals surface area contributed by atoms with E-state index in [2.05, 4.69) is 4.74 Å². The highest BCUT2D eigenvalue weighted by Gasteiger charge is 2.40. The van der Waals surface area contributed by atoms with Crippen molar-refractivity contribution in [2.75, 3.05) is 6.61 Å². The fourth-order valence-corrected chi connectivity index (χ4v) is 1.93. The van der Waals surface area contributed by atoms with Crippen molar-refractivity contribution >= 4 is 14.0 Å². The van der Waals surface area contributed by atoms with Crippen LogP contribution in [-0.2, 0) is 9.53 Å². The van der Waals surface area contributed by atoms with E-state index in [0.717, 1.165) is 0 Å². The van der Waals surface area contributed by atoms with Gasteiger partial charge in [0.25, 0.3) is 0 Å². The number of esters is 1. The van der Waals surface area contributed by atoms with Gasteiger partial charge in [0.05, 0.1) is 6.61 Å². The number of halogens is 2. The van der Waals surface area contributed by atoms with Crippen LogP contribution >= 0.6 is 0 Å². The first-order valence-corrected chi connectivity index (χ1v) is 8.45. The summed E-state index contributed by atoms with van der Waals surface area (Å²) in [7, 11) is -1.52. The monoisotopic (exact) mass is 224 g/mol. The third-order valence-corrected chi connectivity index (χ3v) is 3.51. The van der Waals surface area contributed by atoms with Crippen LogP contribution in [0.5, 0.6) is 0 Å². The Balaban J connectivity index is 4.13. The normalized spacial score (nSPS) is 12.7. The van der Waals surface area contributed by atoms with Crippen molar-refractivity contribution in [3.63, 3.8) is 0 Å². The molecule has 0 aromatic carbocycles. The molecule has 0 saturated heterocycles. The predicted molar refractivity (Wildman–Crippen MR) is 54.4 cm³/mol. The van der Waals surface area contributed by atoms with Crippen molar-refractivity contribution in [2.45, 2.75) is 45.0 Å². The van der Waals surface area contributed by atoms with Gasteiger partial charge in [-0.3, -0.25) is 0 Å². The lowest BCUT2D eigenvalue weighted by atomic mass is 10.3. The molecule has 0 radical (unpaired) electrons. The maximum Gasteiger partial charge on any atom is 0.376 e. The van der Waals surface area contributed by atoms with Crippen LogP contribution in [0.15, 0.2) is 0 Å². The molecule has 0 unspecified atom stereocenters. The maximum absolute atomic E-state index is 13.1. The zero-order valence-corrected chi connectivity index (χ0v) is 10.2. The van der Waals surface area contributed by atoms with Crippen LogP contribution in [0.25, 0.3) is 0 Å². The zero-order valence-electron chi connectivity index (χ0n) is 9.19. The van der Waals surface area contributed by atoms with Gasteiger partial charge in [0, 0.05) is 14.5 Å². The van der Waals surface area contributed by atoms with Crippen molar-refractivity contribution < 1.29 is 18.3 Å². The zero-order chi connectivity index (χ0) is 11.4. The number of carbonyl (C=O) groups excluding carboxylic acids is 1. The lowest BCUT2D eigenvalue weighted by Gasteiger charge is -2.20. The van der Waals surface area contributed by atoms with Crippen molar-refractivity contribution in [3.8, 4) is 0 Å². The second-order valence-electron chi connectivity index (χ2n) is 4.49. The van der Waals surface area contributed by atoms with Gasteiger partial charge in [-0.2, -0.15) is 8.78 Å². The Labute approximate surface area is 84.6 Å². The van der Waals surface area contributed by atoms with E-state index in [-0.39, 0.29) is 13.0 Å². The number of rotatable bonds is 5. The number of ether oxygens (including phenoxy) is 1. The minimum Gasteiger partial charge on any atom is -0.462 e. The summed E-state index contributed by atoms with van der Waals surface area (Å²) in [5, 5.41) is 0. The SMILES string of the molecule is CCOC(=O)C(F)(F)CC[Si](C)(C)C. The van der Waals surface area contributed by atoms with E-state index in [4.69, 9.17) is 0 Å². The van der Waals surface area contributed by atoms with Crippen LogP contribution < -0.4 is 0 Å². The van der Waals surface area contributed by atoms with E-state index >= 15 is 0 Å². The van der Waals surface area contributed by atoms with Crippen LogP contribution in [0.4, 0.5) is 8.78 Å². The average Bonchev–Trinajstić information content (AvgIpc) is 2.00. The van der Waals surface area contributed by atoms with E-state index in [1.54, 1.807) is 0 Å². The Morgan fingerprint density at radius 2 is 1.86 bits per heavy atom. The molecule has 0 atom stereocenters. The second-order valence-corrected chi connectivity index (χ2v) is 10.1. The molecule has 84 valence electrons. The van der Waals surface area contributed by atoms with Crippen molar-refractivity contribution in [2.24, 2.45) is 0 Å². The molecule has 0 aliphatic carbocycles. The topological polar surface area (TPSA) is 26.3 Å². The Hall–Kier alpha value is -0.453. The van der Waals surface area contributed by atoms with Gasteiger partial charge in [0.2, 0.25) is 0 Å². The molecule has 0 aromatic rings. The van der Waals surface area contributed by atoms with E-state index in [9.17, 15) is 13.6 Å². The molecule has 0 saturated carbocycles. The van der Waals surface area contributed by atoms with Crippen LogP contribution in [0, 0.1) is 0 Å². The lowest BCUT2D eigenvalue weighted by Crippen LogP contribution is -2.33. The lowest BCUT2D eigenvalue weighted by molar-refractivity contribution is -0.171. The summed E-state index contributed by atoms with van der Waals surface area (Å²) >= 11 is 0. The molecule has 0 aliphatic rings. The van der Waals surface area contributed by atoms with Gasteiger partial charge < -0.3 is 4.74 Å². The Bertz CT molecular complexity index is 199. The van der Waals surface area contributed by atoms with Gasteiger partial charge in [0.15, 0.2) is 0 Å². The van der Waals surface area contributed by atoms with Crippen molar-refractivity contribution in [1.82, 2.24) is 0 Å². The quantitative estimate of drug-likeness (QED) is 0.530. The van der Waals surface area contributed by atoms with Gasteiger partial charge >= 0.3 is 11.9 Å². The molecule has 0 fully saturated rings. The molecule has 2 nitrogen and oxygen atoms in total. The number of hydrogen-bond donors (Lipinski definition) is 0. The van der Waals surface area contributed by atoms with Crippen LogP contribution in [0.2, 0.25) is 25.7 Å². The largest absolute Gasteiger partial charge is 0.462 e. The van der Waals surface area contributed by atoms with Gasteiger partial charge in [-0.25, -0.2) is 4.79 Å². The third-order valence-electron chi connectivity index (χ3n) is 1.76. The molecule has 0 aliphatic heterocycles. The van der Waals surface area contributed by atoms with E-state index in [1.807, 2.05) is 19.6 Å². The molecule has 5 heteroatoms. The molecule has 14 heavy (non-hydrogen) atoms. The fourth-order valence-electron chi connectivity index (χ4n) is 0.871. The third kappa shape index (κ3) is 5.31. The Morgan fingerprint density at radius 3 is 2.21 bits per heavy atom. The fraction of sp³-hybridized carbons (Fsp3) is 0.889. The van der Waals surface area contributed by atoms with Crippen LogP contribution in [0.3, 0.4) is 0 Å². The molecular formula is C9H18F2O2Si. The summed E-state index contributed by atoms with van der Waals surface area (Å²) in [5.41, 5.74) is 0. The number of alkyl halides is 2. The summed E-state index contributed by atoms with van der Waals surface area (Å²) in [4.78, 5) is 10.8. The summed E-state index contributed by atoms with van der Waals surface area (Å²) in [6, 6.07) is 0.429. The molecule has 0 spiro atoms. The first kappa shape index (κ1) is 13.5. The number of hydrogen-bond acceptors (Lipinski definition) is 2. The van der Waals surface area contributed by atoms with Crippen LogP contribution in [-0.4, -0.2) is 26.6 Å². The predicted octanol–water partition coefficient (Wildman–Crippen LogP) is 2.91. The Morgan fingerprint density at radius 1 is 1.36 bits per heavy atom. The summed E-state index contributed by atoms with van der Waals surface area (Å²) in [6.07, 6.45) is -0.387. The highest BCUT2D eigenvalue weighted by atomic mass is 28.3. The van der Waals surface area contributed by atoms with Crippen LogP contribution in [0.1, 0.15) is 13.3 Å². The van der Waals surface area contributed by atoms with Gasteiger partial charge in [-0.15, -0.1) is 0 Å². The van der Waals surface area contributed by atoms with Crippen molar-refractivity contribution in [3.05, 3.63) is 0 Å². The van der Waals surface area contributed by atoms with E-state index in [0.29, 0.717) is 6.04 Å². The smallest absolute Gasteiger partial charge is 0.376 e. The highest BCUT2D eigenvalue weighted by molar-refractivity contribution is 6.76. The maximum atomic E-state index is 13.1. The average molecular weight is 224 g/mol. The molecule has 0 bridgehead atoms.